The highest BCUT2D eigenvalue weighted by molar-refractivity contribution is 7.87. The molecule has 1 saturated carbocycles. The molecule has 156 valence electrons. The van der Waals surface area contributed by atoms with Gasteiger partial charge in [0.1, 0.15) is 6.61 Å². The number of fused-ring (bicyclic) bond motifs is 2. The molecule has 0 spiro atoms. The van der Waals surface area contributed by atoms with Gasteiger partial charge >= 0.3 is 11.9 Å². The molecule has 0 radical (unpaired) electrons. The molecule has 0 amide bonds. The average Bonchev–Trinajstić information content (AvgIpc) is 3.38. The van der Waals surface area contributed by atoms with Crippen LogP contribution in [0.3, 0.4) is 0 Å². The molecule has 2 aromatic rings. The summed E-state index contributed by atoms with van der Waals surface area (Å²) < 4.78 is 23.1. The largest absolute Gasteiger partial charge is 0.469 e. The number of carbonyl (C=O) groups is 2. The molecule has 2 aliphatic carbocycles. The van der Waals surface area contributed by atoms with E-state index in [1.54, 1.807) is 12.1 Å². The summed E-state index contributed by atoms with van der Waals surface area (Å²) in [5.41, 5.74) is 1.85. The minimum Gasteiger partial charge on any atom is -0.469 e. The molecule has 0 heterocycles. The summed E-state index contributed by atoms with van der Waals surface area (Å²) in [6.07, 6.45) is 4.42. The topological polar surface area (TPSA) is 69.7 Å². The minimum atomic E-state index is -1.79. The summed E-state index contributed by atoms with van der Waals surface area (Å²) in [6.45, 7) is 2.00. The number of hydrogen-bond acceptors (Lipinski definition) is 5. The second kappa shape index (κ2) is 8.19. The molecule has 2 aromatic carbocycles. The summed E-state index contributed by atoms with van der Waals surface area (Å²) in [5, 5.41) is 0. The van der Waals surface area contributed by atoms with Crippen molar-refractivity contribution in [1.29, 1.82) is 0 Å². The van der Waals surface area contributed by atoms with E-state index in [0.29, 0.717) is 11.3 Å². The zero-order valence-corrected chi connectivity index (χ0v) is 17.8. The molecular weight excluding hydrogens is 400 g/mol. The minimum absolute atomic E-state index is 0.0571. The Hall–Kier alpha value is -2.73. The monoisotopic (exact) mass is 424 g/mol. The van der Waals surface area contributed by atoms with Gasteiger partial charge in [-0.3, -0.25) is 13.8 Å². The molecule has 6 heteroatoms. The second-order valence-corrected chi connectivity index (χ2v) is 9.51. The fourth-order valence-corrected chi connectivity index (χ4v) is 6.55. The summed E-state index contributed by atoms with van der Waals surface area (Å²) in [7, 11) is -0.493. The van der Waals surface area contributed by atoms with E-state index in [1.807, 2.05) is 61.5 Å². The Balaban J connectivity index is 1.75. The maximum atomic E-state index is 13.9. The third kappa shape index (κ3) is 3.29. The van der Waals surface area contributed by atoms with Crippen LogP contribution < -0.4 is 0 Å². The van der Waals surface area contributed by atoms with Crippen molar-refractivity contribution < 1.29 is 23.3 Å². The second-order valence-electron chi connectivity index (χ2n) is 7.83. The lowest BCUT2D eigenvalue weighted by atomic mass is 9.82. The van der Waals surface area contributed by atoms with E-state index in [-0.39, 0.29) is 18.4 Å². The fraction of sp³-hybridized carbons (Fsp3) is 0.333. The van der Waals surface area contributed by atoms with Crippen molar-refractivity contribution in [2.75, 3.05) is 7.11 Å². The molecule has 0 aliphatic heterocycles. The van der Waals surface area contributed by atoms with Crippen molar-refractivity contribution in [3.63, 3.8) is 0 Å². The normalized spacial score (nSPS) is 27.6. The van der Waals surface area contributed by atoms with E-state index in [4.69, 9.17) is 9.47 Å². The van der Waals surface area contributed by atoms with E-state index in [1.165, 1.54) is 7.11 Å². The molecule has 2 bridgehead atoms. The number of esters is 2. The Morgan fingerprint density at radius 1 is 1.07 bits per heavy atom. The molecule has 1 fully saturated rings. The molecule has 4 rings (SSSR count). The molecule has 0 unspecified atom stereocenters. The average molecular weight is 425 g/mol. The fourth-order valence-electron chi connectivity index (χ4n) is 4.62. The number of hydrogen-bond donors (Lipinski definition) is 0. The first-order valence-electron chi connectivity index (χ1n) is 9.94. The zero-order valence-electron chi connectivity index (χ0n) is 16.9. The van der Waals surface area contributed by atoms with Gasteiger partial charge in [-0.1, -0.05) is 60.2 Å². The predicted molar refractivity (Wildman–Crippen MR) is 113 cm³/mol. The molecule has 30 heavy (non-hydrogen) atoms. The standard InChI is InChI=1S/C24H24O5S/c1-16-8-12-20(13-9-16)30(27)24(23(26)29-15-17-6-4-3-5-7-17)19-11-10-18(14-19)21(24)22(25)28-2/h3-13,18-19,21H,14-15H2,1-2H3/t18-,19+,21+,24-,30-/m1/s1. The van der Waals surface area contributed by atoms with Crippen LogP contribution in [-0.2, 0) is 36.5 Å². The van der Waals surface area contributed by atoms with E-state index >= 15 is 0 Å². The molecule has 0 N–H and O–H groups in total. The summed E-state index contributed by atoms with van der Waals surface area (Å²) in [5.74, 6) is -2.53. The first-order chi connectivity index (χ1) is 14.5. The van der Waals surface area contributed by atoms with Crippen LogP contribution >= 0.6 is 0 Å². The van der Waals surface area contributed by atoms with Gasteiger partial charge in [0.25, 0.3) is 0 Å². The van der Waals surface area contributed by atoms with Gasteiger partial charge in [0.2, 0.25) is 0 Å². The van der Waals surface area contributed by atoms with Crippen LogP contribution in [0.5, 0.6) is 0 Å². The molecular formula is C24H24O5S. The number of ether oxygens (including phenoxy) is 2. The van der Waals surface area contributed by atoms with Crippen LogP contribution in [0.25, 0.3) is 0 Å². The van der Waals surface area contributed by atoms with Crippen LogP contribution in [0.2, 0.25) is 0 Å². The number of carbonyl (C=O) groups excluding carboxylic acids is 2. The van der Waals surface area contributed by atoms with Crippen LogP contribution in [0.15, 0.2) is 71.6 Å². The highest BCUT2D eigenvalue weighted by atomic mass is 32.2. The Morgan fingerprint density at radius 3 is 2.43 bits per heavy atom. The van der Waals surface area contributed by atoms with Gasteiger partial charge in [0.15, 0.2) is 4.75 Å². The van der Waals surface area contributed by atoms with E-state index in [0.717, 1.165) is 11.1 Å². The number of rotatable bonds is 6. The van der Waals surface area contributed by atoms with Gasteiger partial charge in [-0.2, -0.15) is 0 Å². The van der Waals surface area contributed by atoms with E-state index < -0.39 is 33.4 Å². The van der Waals surface area contributed by atoms with Crippen molar-refractivity contribution >= 4 is 22.7 Å². The van der Waals surface area contributed by atoms with Gasteiger partial charge < -0.3 is 9.47 Å². The molecule has 5 nitrogen and oxygen atoms in total. The lowest BCUT2D eigenvalue weighted by Crippen LogP contribution is -2.56. The van der Waals surface area contributed by atoms with E-state index in [2.05, 4.69) is 0 Å². The first kappa shape index (κ1) is 20.5. The Labute approximate surface area is 178 Å². The van der Waals surface area contributed by atoms with Gasteiger partial charge in [0, 0.05) is 10.8 Å². The van der Waals surface area contributed by atoms with E-state index in [9.17, 15) is 13.8 Å². The predicted octanol–water partition coefficient (Wildman–Crippen LogP) is 3.58. The highest BCUT2D eigenvalue weighted by Gasteiger charge is 2.68. The van der Waals surface area contributed by atoms with Crippen molar-refractivity contribution in [2.45, 2.75) is 29.6 Å². The quantitative estimate of drug-likeness (QED) is 0.524. The van der Waals surface area contributed by atoms with Gasteiger partial charge in [-0.15, -0.1) is 0 Å². The SMILES string of the molecule is COC(=O)[C@@H]1[C@@H]2C=C[C@@H](C2)[C@@]1(C(=O)OCc1ccccc1)[S@](=O)c1ccc(C)cc1. The number of methoxy groups -OCH3 is 1. The highest BCUT2D eigenvalue weighted by Crippen LogP contribution is 2.56. The van der Waals surface area contributed by atoms with Crippen molar-refractivity contribution in [3.05, 3.63) is 77.9 Å². The lowest BCUT2D eigenvalue weighted by molar-refractivity contribution is -0.158. The molecule has 0 aromatic heterocycles. The lowest BCUT2D eigenvalue weighted by Gasteiger charge is -2.37. The van der Waals surface area contributed by atoms with Gasteiger partial charge in [-0.25, -0.2) is 0 Å². The molecule has 2 aliphatic rings. The first-order valence-corrected chi connectivity index (χ1v) is 11.1. The van der Waals surface area contributed by atoms with Gasteiger partial charge in [0.05, 0.1) is 23.8 Å². The molecule has 5 atom stereocenters. The van der Waals surface area contributed by atoms with Crippen molar-refractivity contribution in [3.8, 4) is 0 Å². The number of aryl methyl sites for hydroxylation is 1. The molecule has 0 saturated heterocycles. The van der Waals surface area contributed by atoms with Gasteiger partial charge in [-0.05, 0) is 37.0 Å². The Bertz CT molecular complexity index is 998. The zero-order chi connectivity index (χ0) is 21.3. The number of benzene rings is 2. The summed E-state index contributed by atoms with van der Waals surface area (Å²) in [4.78, 5) is 26.9. The Morgan fingerprint density at radius 2 is 1.77 bits per heavy atom. The summed E-state index contributed by atoms with van der Waals surface area (Å²) in [6, 6.07) is 16.5. The Kier molecular flexibility index (Phi) is 5.60. The maximum Gasteiger partial charge on any atom is 0.327 e. The van der Waals surface area contributed by atoms with Crippen LogP contribution in [0.1, 0.15) is 17.5 Å². The third-order valence-electron chi connectivity index (χ3n) is 6.09. The van der Waals surface area contributed by atoms with Crippen LogP contribution in [0, 0.1) is 24.7 Å². The number of allylic oxidation sites excluding steroid dienone is 2. The van der Waals surface area contributed by atoms with Crippen molar-refractivity contribution in [2.24, 2.45) is 17.8 Å². The summed E-state index contributed by atoms with van der Waals surface area (Å²) >= 11 is 0. The van der Waals surface area contributed by atoms with Crippen molar-refractivity contribution in [1.82, 2.24) is 0 Å². The third-order valence-corrected chi connectivity index (χ3v) is 8.12. The smallest absolute Gasteiger partial charge is 0.327 e. The van der Waals surface area contributed by atoms with Crippen LogP contribution in [-0.4, -0.2) is 28.0 Å². The maximum absolute atomic E-state index is 13.9. The van der Waals surface area contributed by atoms with Crippen LogP contribution in [0.4, 0.5) is 0 Å².